The lowest BCUT2D eigenvalue weighted by molar-refractivity contribution is 0.0853. The van der Waals surface area contributed by atoms with Gasteiger partial charge in [0.1, 0.15) is 0 Å². The number of hydrogen-bond acceptors (Lipinski definition) is 7. The number of rotatable bonds is 7. The molecule has 1 aromatic carbocycles. The number of thiazole rings is 1. The molecule has 1 aliphatic heterocycles. The fourth-order valence-electron chi connectivity index (χ4n) is 3.55. The highest BCUT2D eigenvalue weighted by Crippen LogP contribution is 2.42. The third-order valence-corrected chi connectivity index (χ3v) is 7.96. The van der Waals surface area contributed by atoms with Crippen molar-refractivity contribution >= 4 is 38.6 Å². The number of halogens is 2. The van der Waals surface area contributed by atoms with Crippen LogP contribution in [0.15, 0.2) is 30.5 Å². The van der Waals surface area contributed by atoms with Crippen LogP contribution in [0, 0.1) is 5.82 Å². The first-order valence-electron chi connectivity index (χ1n) is 10.2. The number of hydrogen-bond donors (Lipinski definition) is 1. The third kappa shape index (κ3) is 5.09. The van der Waals surface area contributed by atoms with E-state index in [4.69, 9.17) is 21.3 Å². The predicted molar refractivity (Wildman–Crippen MR) is 124 cm³/mol. The molecule has 3 aromatic rings. The molecule has 0 aliphatic carbocycles. The van der Waals surface area contributed by atoms with E-state index in [0.717, 1.165) is 17.8 Å². The zero-order chi connectivity index (χ0) is 22.7. The molecule has 0 saturated carbocycles. The first-order chi connectivity index (χ1) is 15.4. The molecule has 3 heterocycles. The number of nitrogens with one attached hydrogen (secondary N) is 1. The predicted octanol–water partition coefficient (Wildman–Crippen LogP) is 5.11. The van der Waals surface area contributed by atoms with E-state index in [2.05, 4.69) is 14.7 Å². The monoisotopic (exact) mass is 496 g/mol. The van der Waals surface area contributed by atoms with Gasteiger partial charge in [0.05, 0.1) is 32.7 Å². The molecular formula is C21H22ClFN4O3S2. The van der Waals surface area contributed by atoms with E-state index in [9.17, 15) is 8.42 Å². The van der Waals surface area contributed by atoms with Gasteiger partial charge in [-0.3, -0.25) is 4.72 Å². The van der Waals surface area contributed by atoms with Crippen molar-refractivity contribution in [3.8, 4) is 21.8 Å². The van der Waals surface area contributed by atoms with Gasteiger partial charge in [-0.2, -0.15) is 0 Å². The Kier molecular flexibility index (Phi) is 7.04. The van der Waals surface area contributed by atoms with Gasteiger partial charge in [0.2, 0.25) is 15.3 Å². The molecular weight excluding hydrogens is 475 g/mol. The molecule has 0 atom stereocenters. The summed E-state index contributed by atoms with van der Waals surface area (Å²) in [6, 6.07) is 6.29. The van der Waals surface area contributed by atoms with E-state index in [0.29, 0.717) is 35.9 Å². The lowest BCUT2D eigenvalue weighted by Crippen LogP contribution is -2.17. The first-order valence-corrected chi connectivity index (χ1v) is 13.1. The molecule has 7 nitrogen and oxygen atoms in total. The minimum Gasteiger partial charge on any atom is -0.381 e. The molecule has 1 aliphatic rings. The van der Waals surface area contributed by atoms with Gasteiger partial charge in [-0.25, -0.2) is 27.8 Å². The van der Waals surface area contributed by atoms with Crippen molar-refractivity contribution in [2.24, 2.45) is 0 Å². The quantitative estimate of drug-likeness (QED) is 0.457. The van der Waals surface area contributed by atoms with Crippen molar-refractivity contribution in [3.05, 3.63) is 46.6 Å². The second kappa shape index (κ2) is 9.78. The van der Waals surface area contributed by atoms with Crippen molar-refractivity contribution in [1.82, 2.24) is 15.0 Å². The molecule has 170 valence electrons. The van der Waals surface area contributed by atoms with Gasteiger partial charge in [0, 0.05) is 30.9 Å². The number of ether oxygens (including phenoxy) is 1. The minimum atomic E-state index is -3.65. The van der Waals surface area contributed by atoms with E-state index in [1.807, 2.05) is 0 Å². The Balaban J connectivity index is 1.82. The first kappa shape index (κ1) is 23.0. The summed E-state index contributed by atoms with van der Waals surface area (Å²) in [6.07, 6.45) is 3.62. The summed E-state index contributed by atoms with van der Waals surface area (Å²) in [5.41, 5.74) is 1.02. The van der Waals surface area contributed by atoms with Crippen LogP contribution < -0.4 is 4.72 Å². The average molecular weight is 497 g/mol. The Hall–Kier alpha value is -2.14. The maximum absolute atomic E-state index is 15.5. The van der Waals surface area contributed by atoms with Crippen molar-refractivity contribution in [3.63, 3.8) is 0 Å². The molecule has 4 rings (SSSR count). The van der Waals surface area contributed by atoms with E-state index >= 15 is 4.39 Å². The van der Waals surface area contributed by atoms with E-state index in [1.54, 1.807) is 25.1 Å². The molecule has 2 aromatic heterocycles. The number of aromatic nitrogens is 3. The number of sulfonamides is 1. The molecule has 11 heteroatoms. The van der Waals surface area contributed by atoms with Crippen LogP contribution in [0.1, 0.15) is 37.1 Å². The minimum absolute atomic E-state index is 0.0796. The maximum atomic E-state index is 15.5. The van der Waals surface area contributed by atoms with Gasteiger partial charge in [-0.15, -0.1) is 11.3 Å². The molecule has 1 saturated heterocycles. The fraction of sp³-hybridized carbons (Fsp3) is 0.381. The standard InChI is InChI=1S/C21H22ClFN4O3S2/c1-2-12-32(28,29)27-15-5-3-4-14(17(15)23)18-19(16-6-9-24-21(22)25-16)31-20(26-18)13-7-10-30-11-8-13/h3-6,9,13,27H,2,7-8,10-12H2,1H3. The summed E-state index contributed by atoms with van der Waals surface area (Å²) in [5.74, 6) is -0.573. The van der Waals surface area contributed by atoms with Gasteiger partial charge in [0.15, 0.2) is 5.82 Å². The SMILES string of the molecule is CCCS(=O)(=O)Nc1cccc(-c2nc(C3CCOCC3)sc2-c2ccnc(Cl)n2)c1F. The Morgan fingerprint density at radius 1 is 1.25 bits per heavy atom. The number of anilines is 1. The van der Waals surface area contributed by atoms with Crippen molar-refractivity contribution < 1.29 is 17.5 Å². The summed E-state index contributed by atoms with van der Waals surface area (Å²) >= 11 is 7.44. The van der Waals surface area contributed by atoms with Gasteiger partial charge < -0.3 is 4.74 Å². The Morgan fingerprint density at radius 3 is 2.75 bits per heavy atom. The summed E-state index contributed by atoms with van der Waals surface area (Å²) < 4.78 is 47.7. The summed E-state index contributed by atoms with van der Waals surface area (Å²) in [6.45, 7) is 3.05. The third-order valence-electron chi connectivity index (χ3n) is 5.07. The maximum Gasteiger partial charge on any atom is 0.232 e. The molecule has 0 radical (unpaired) electrons. The zero-order valence-corrected chi connectivity index (χ0v) is 19.7. The summed E-state index contributed by atoms with van der Waals surface area (Å²) in [7, 11) is -3.65. The highest BCUT2D eigenvalue weighted by Gasteiger charge is 2.26. The molecule has 0 unspecified atom stereocenters. The van der Waals surface area contributed by atoms with Crippen LogP contribution in [0.3, 0.4) is 0 Å². The second-order valence-electron chi connectivity index (χ2n) is 7.42. The largest absolute Gasteiger partial charge is 0.381 e. The van der Waals surface area contributed by atoms with Crippen LogP contribution in [0.4, 0.5) is 10.1 Å². The lowest BCUT2D eigenvalue weighted by atomic mass is 10.0. The molecule has 1 N–H and O–H groups in total. The number of benzene rings is 1. The van der Waals surface area contributed by atoms with Gasteiger partial charge >= 0.3 is 0 Å². The molecule has 0 amide bonds. The smallest absolute Gasteiger partial charge is 0.232 e. The highest BCUT2D eigenvalue weighted by molar-refractivity contribution is 7.92. The molecule has 1 fully saturated rings. The summed E-state index contributed by atoms with van der Waals surface area (Å²) in [4.78, 5) is 13.7. The van der Waals surface area contributed by atoms with Crippen LogP contribution in [-0.4, -0.2) is 42.3 Å². The van der Waals surface area contributed by atoms with E-state index < -0.39 is 15.8 Å². The van der Waals surface area contributed by atoms with E-state index in [-0.39, 0.29) is 28.2 Å². The number of nitrogens with zero attached hydrogens (tertiary/aromatic N) is 3. The van der Waals surface area contributed by atoms with Crippen LogP contribution in [0.5, 0.6) is 0 Å². The van der Waals surface area contributed by atoms with Gasteiger partial charge in [0.25, 0.3) is 0 Å². The van der Waals surface area contributed by atoms with Crippen LogP contribution >= 0.6 is 22.9 Å². The Labute approximate surface area is 195 Å². The van der Waals surface area contributed by atoms with Crippen LogP contribution in [-0.2, 0) is 14.8 Å². The van der Waals surface area contributed by atoms with Gasteiger partial charge in [-0.05, 0) is 49.1 Å². The summed E-state index contributed by atoms with van der Waals surface area (Å²) in [5, 5.41) is 0.945. The molecule has 0 bridgehead atoms. The Morgan fingerprint density at radius 2 is 2.03 bits per heavy atom. The average Bonchev–Trinajstić information content (AvgIpc) is 3.21. The van der Waals surface area contributed by atoms with Crippen molar-refractivity contribution in [2.45, 2.75) is 32.1 Å². The molecule has 0 spiro atoms. The topological polar surface area (TPSA) is 94.1 Å². The lowest BCUT2D eigenvalue weighted by Gasteiger charge is -2.19. The second-order valence-corrected chi connectivity index (χ2v) is 10.6. The normalized spacial score (nSPS) is 15.1. The van der Waals surface area contributed by atoms with Crippen molar-refractivity contribution in [2.75, 3.05) is 23.7 Å². The molecule has 32 heavy (non-hydrogen) atoms. The van der Waals surface area contributed by atoms with Crippen LogP contribution in [0.2, 0.25) is 5.28 Å². The van der Waals surface area contributed by atoms with Crippen molar-refractivity contribution in [1.29, 1.82) is 0 Å². The fourth-order valence-corrected chi connectivity index (χ4v) is 6.05. The van der Waals surface area contributed by atoms with Gasteiger partial charge in [-0.1, -0.05) is 13.0 Å². The zero-order valence-electron chi connectivity index (χ0n) is 17.3. The van der Waals surface area contributed by atoms with E-state index in [1.165, 1.54) is 23.6 Å². The Bertz CT molecular complexity index is 1210. The highest BCUT2D eigenvalue weighted by atomic mass is 35.5. The van der Waals surface area contributed by atoms with Crippen LogP contribution in [0.25, 0.3) is 21.8 Å².